The lowest BCUT2D eigenvalue weighted by molar-refractivity contribution is 0.0935. The van der Waals surface area contributed by atoms with Gasteiger partial charge in [0.25, 0.3) is 5.91 Å². The Kier molecular flexibility index (Phi) is 6.45. The van der Waals surface area contributed by atoms with Crippen molar-refractivity contribution in [1.29, 1.82) is 0 Å². The van der Waals surface area contributed by atoms with Crippen molar-refractivity contribution in [2.24, 2.45) is 0 Å². The minimum absolute atomic E-state index is 0.124. The van der Waals surface area contributed by atoms with Crippen LogP contribution in [0.4, 0.5) is 0 Å². The fourth-order valence-corrected chi connectivity index (χ4v) is 5.24. The molecule has 1 aliphatic rings. The van der Waals surface area contributed by atoms with Crippen LogP contribution in [0.25, 0.3) is 11.1 Å². The van der Waals surface area contributed by atoms with Crippen LogP contribution in [-0.2, 0) is 10.0 Å². The van der Waals surface area contributed by atoms with Crippen molar-refractivity contribution in [2.75, 3.05) is 33.2 Å². The second-order valence-electron chi connectivity index (χ2n) is 8.03. The molecule has 0 radical (unpaired) electrons. The number of benzene rings is 2. The minimum atomic E-state index is -3.74. The zero-order chi connectivity index (χ0) is 22.7. The van der Waals surface area contributed by atoms with Crippen molar-refractivity contribution in [3.63, 3.8) is 0 Å². The van der Waals surface area contributed by atoms with E-state index in [-0.39, 0.29) is 22.4 Å². The van der Waals surface area contributed by atoms with Crippen molar-refractivity contribution >= 4 is 15.9 Å². The smallest absolute Gasteiger partial charge is 0.251 e. The van der Waals surface area contributed by atoms with Crippen LogP contribution in [0.5, 0.6) is 0 Å². The Labute approximate surface area is 188 Å². The van der Waals surface area contributed by atoms with Gasteiger partial charge in [-0.05, 0) is 55.4 Å². The highest BCUT2D eigenvalue weighted by Gasteiger charge is 2.29. The molecule has 0 spiro atoms. The lowest BCUT2D eigenvalue weighted by atomic mass is 10.0. The molecule has 32 heavy (non-hydrogen) atoms. The van der Waals surface area contributed by atoms with Gasteiger partial charge in [0.15, 0.2) is 0 Å². The zero-order valence-electron chi connectivity index (χ0n) is 18.2. The lowest BCUT2D eigenvalue weighted by Gasteiger charge is -2.31. The summed E-state index contributed by atoms with van der Waals surface area (Å²) in [4.78, 5) is 15.3. The van der Waals surface area contributed by atoms with Crippen molar-refractivity contribution in [2.45, 2.75) is 17.9 Å². The van der Waals surface area contributed by atoms with Crippen LogP contribution in [0.2, 0.25) is 0 Å². The summed E-state index contributed by atoms with van der Waals surface area (Å²) in [7, 11) is -1.76. The molecule has 8 heteroatoms. The molecular formula is C24H27N3O4S. The third-order valence-corrected chi connectivity index (χ3v) is 7.57. The Morgan fingerprint density at radius 1 is 0.969 bits per heavy atom. The maximum Gasteiger partial charge on any atom is 0.251 e. The Morgan fingerprint density at radius 3 is 2.34 bits per heavy atom. The number of carbonyl (C=O) groups is 1. The molecule has 2 aromatic carbocycles. The summed E-state index contributed by atoms with van der Waals surface area (Å²) in [5.74, 6) is 0.268. The molecule has 1 atom stereocenters. The van der Waals surface area contributed by atoms with E-state index >= 15 is 0 Å². The molecule has 2 heterocycles. The van der Waals surface area contributed by atoms with Gasteiger partial charge in [0.2, 0.25) is 10.0 Å². The van der Waals surface area contributed by atoms with Crippen LogP contribution < -0.4 is 5.32 Å². The molecule has 1 N–H and O–H groups in total. The molecule has 1 aromatic heterocycles. The van der Waals surface area contributed by atoms with Crippen molar-refractivity contribution in [1.82, 2.24) is 14.5 Å². The molecule has 0 aliphatic carbocycles. The van der Waals surface area contributed by atoms with E-state index < -0.39 is 10.0 Å². The number of sulfonamides is 1. The van der Waals surface area contributed by atoms with Crippen LogP contribution in [0.1, 0.15) is 29.1 Å². The predicted molar refractivity (Wildman–Crippen MR) is 123 cm³/mol. The molecular weight excluding hydrogens is 426 g/mol. The second kappa shape index (κ2) is 9.28. The lowest BCUT2D eigenvalue weighted by Crippen LogP contribution is -2.47. The first kappa shape index (κ1) is 22.3. The summed E-state index contributed by atoms with van der Waals surface area (Å²) in [6, 6.07) is 17.5. The zero-order valence-corrected chi connectivity index (χ0v) is 19.0. The van der Waals surface area contributed by atoms with Gasteiger partial charge in [0, 0.05) is 31.7 Å². The summed E-state index contributed by atoms with van der Waals surface area (Å²) in [5.41, 5.74) is 1.81. The van der Waals surface area contributed by atoms with Gasteiger partial charge in [0.05, 0.1) is 17.2 Å². The van der Waals surface area contributed by atoms with Gasteiger partial charge < -0.3 is 14.6 Å². The third kappa shape index (κ3) is 4.77. The SMILES string of the molecule is C[C@H](NC(=O)c1cc(-c2ccccc2)cc(S(=O)(=O)N2CCN(C)CC2)c1)c1ccco1. The molecule has 1 saturated heterocycles. The first-order valence-electron chi connectivity index (χ1n) is 10.6. The van der Waals surface area contributed by atoms with Crippen molar-refractivity contribution in [3.8, 4) is 11.1 Å². The maximum atomic E-state index is 13.4. The summed E-state index contributed by atoms with van der Waals surface area (Å²) in [6.45, 7) is 4.01. The third-order valence-electron chi connectivity index (χ3n) is 5.69. The van der Waals surface area contributed by atoms with Gasteiger partial charge in [-0.2, -0.15) is 4.31 Å². The second-order valence-corrected chi connectivity index (χ2v) is 9.97. The molecule has 1 aliphatic heterocycles. The van der Waals surface area contributed by atoms with E-state index in [0.29, 0.717) is 37.5 Å². The van der Waals surface area contributed by atoms with Gasteiger partial charge in [-0.25, -0.2) is 8.42 Å². The Hall–Kier alpha value is -2.94. The van der Waals surface area contributed by atoms with Crippen LogP contribution in [0, 0.1) is 0 Å². The summed E-state index contributed by atoms with van der Waals surface area (Å²) in [6.07, 6.45) is 1.55. The highest BCUT2D eigenvalue weighted by molar-refractivity contribution is 7.89. The fraction of sp³-hybridized carbons (Fsp3) is 0.292. The Bertz CT molecular complexity index is 1170. The molecule has 1 amide bonds. The van der Waals surface area contributed by atoms with Crippen molar-refractivity contribution < 1.29 is 17.6 Å². The Balaban J connectivity index is 1.71. The molecule has 7 nitrogen and oxygen atoms in total. The molecule has 4 rings (SSSR count). The van der Waals surface area contributed by atoms with Gasteiger partial charge >= 0.3 is 0 Å². The predicted octanol–water partition coefficient (Wildman–Crippen LogP) is 3.37. The van der Waals surface area contributed by atoms with E-state index in [1.54, 1.807) is 30.5 Å². The van der Waals surface area contributed by atoms with E-state index in [2.05, 4.69) is 10.2 Å². The van der Waals surface area contributed by atoms with E-state index in [9.17, 15) is 13.2 Å². The maximum absolute atomic E-state index is 13.4. The minimum Gasteiger partial charge on any atom is -0.467 e. The van der Waals surface area contributed by atoms with Crippen molar-refractivity contribution in [3.05, 3.63) is 78.3 Å². The summed E-state index contributed by atoms with van der Waals surface area (Å²) >= 11 is 0. The molecule has 0 unspecified atom stereocenters. The summed E-state index contributed by atoms with van der Waals surface area (Å²) < 4.78 is 33.7. The van der Waals surface area contributed by atoms with Crippen LogP contribution in [0.15, 0.2) is 76.2 Å². The number of piperazine rings is 1. The molecule has 1 fully saturated rings. The van der Waals surface area contributed by atoms with Crippen LogP contribution >= 0.6 is 0 Å². The van der Waals surface area contributed by atoms with Gasteiger partial charge in [-0.15, -0.1) is 0 Å². The fourth-order valence-electron chi connectivity index (χ4n) is 3.74. The number of rotatable bonds is 6. The number of hydrogen-bond donors (Lipinski definition) is 1. The number of hydrogen-bond acceptors (Lipinski definition) is 5. The molecule has 0 saturated carbocycles. The highest BCUT2D eigenvalue weighted by Crippen LogP contribution is 2.27. The molecule has 3 aromatic rings. The first-order chi connectivity index (χ1) is 15.3. The number of likely N-dealkylation sites (N-methyl/N-ethyl adjacent to an activating group) is 1. The van der Waals surface area contributed by atoms with Gasteiger partial charge in [-0.1, -0.05) is 30.3 Å². The number of amides is 1. The van der Waals surface area contributed by atoms with Gasteiger partial charge in [0.1, 0.15) is 5.76 Å². The monoisotopic (exact) mass is 453 g/mol. The van der Waals surface area contributed by atoms with E-state index in [0.717, 1.165) is 5.56 Å². The van der Waals surface area contributed by atoms with E-state index in [1.807, 2.05) is 44.3 Å². The van der Waals surface area contributed by atoms with Gasteiger partial charge in [-0.3, -0.25) is 4.79 Å². The largest absolute Gasteiger partial charge is 0.467 e. The first-order valence-corrected chi connectivity index (χ1v) is 12.0. The topological polar surface area (TPSA) is 82.9 Å². The van der Waals surface area contributed by atoms with E-state index in [1.165, 1.54) is 10.4 Å². The van der Waals surface area contributed by atoms with Crippen LogP contribution in [-0.4, -0.2) is 56.8 Å². The number of furan rings is 1. The number of nitrogens with zero attached hydrogens (tertiary/aromatic N) is 2. The van der Waals surface area contributed by atoms with E-state index in [4.69, 9.17) is 4.42 Å². The number of carbonyl (C=O) groups excluding carboxylic acids is 1. The molecule has 168 valence electrons. The molecule has 0 bridgehead atoms. The normalized spacial score (nSPS) is 16.6. The average Bonchev–Trinajstić information content (AvgIpc) is 3.35. The standard InChI is InChI=1S/C24H27N3O4S/c1-18(23-9-6-14-31-23)25-24(28)21-15-20(19-7-4-3-5-8-19)16-22(17-21)32(29,30)27-12-10-26(2)11-13-27/h3-9,14-18H,10-13H2,1-2H3,(H,25,28)/t18-/m0/s1. The highest BCUT2D eigenvalue weighted by atomic mass is 32.2. The summed E-state index contributed by atoms with van der Waals surface area (Å²) in [5, 5.41) is 2.89. The van der Waals surface area contributed by atoms with Crippen LogP contribution in [0.3, 0.4) is 0 Å². The number of nitrogens with one attached hydrogen (secondary N) is 1. The quantitative estimate of drug-likeness (QED) is 0.619. The average molecular weight is 454 g/mol. The Morgan fingerprint density at radius 2 is 1.69 bits per heavy atom.